The van der Waals surface area contributed by atoms with Crippen LogP contribution in [0, 0.1) is 5.92 Å². The number of ether oxygens (including phenoxy) is 1. The minimum atomic E-state index is -0.425. The molecular weight excluding hydrogens is 308 g/mol. The third-order valence-electron chi connectivity index (χ3n) is 4.30. The van der Waals surface area contributed by atoms with Gasteiger partial charge in [-0.05, 0) is 65.1 Å². The van der Waals surface area contributed by atoms with Crippen LogP contribution in [0.5, 0.6) is 0 Å². The number of rotatable bonds is 5. The van der Waals surface area contributed by atoms with Gasteiger partial charge in [-0.1, -0.05) is 6.92 Å². The quantitative estimate of drug-likeness (QED) is 0.890. The van der Waals surface area contributed by atoms with Crippen LogP contribution in [0.4, 0.5) is 4.79 Å². The highest BCUT2D eigenvalue weighted by Gasteiger charge is 2.33. The smallest absolute Gasteiger partial charge is 0.410 e. The van der Waals surface area contributed by atoms with E-state index in [1.165, 1.54) is 9.75 Å². The normalized spacial score (nSPS) is 19.9. The molecule has 0 aromatic carbocycles. The van der Waals surface area contributed by atoms with Crippen molar-refractivity contribution in [1.82, 2.24) is 10.2 Å². The number of aryl methyl sites for hydroxylation is 1. The molecule has 0 radical (unpaired) electrons. The molecule has 23 heavy (non-hydrogen) atoms. The highest BCUT2D eigenvalue weighted by atomic mass is 32.1. The SMILES string of the molecule is CCc1ccc(CC(NC)C2CCN(C(=O)OC(C)(C)C)C2)s1. The Kier molecular flexibility index (Phi) is 6.09. The Morgan fingerprint density at radius 1 is 1.43 bits per heavy atom. The lowest BCUT2D eigenvalue weighted by Crippen LogP contribution is -2.39. The van der Waals surface area contributed by atoms with Gasteiger partial charge in [-0.15, -0.1) is 11.3 Å². The molecule has 0 aliphatic carbocycles. The number of carbonyl (C=O) groups excluding carboxylic acids is 1. The molecule has 1 aromatic heterocycles. The fourth-order valence-corrected chi connectivity index (χ4v) is 4.07. The van der Waals surface area contributed by atoms with Gasteiger partial charge in [0.1, 0.15) is 5.60 Å². The van der Waals surface area contributed by atoms with Gasteiger partial charge in [0, 0.05) is 28.9 Å². The number of carbonyl (C=O) groups is 1. The molecule has 2 rings (SSSR count). The summed E-state index contributed by atoms with van der Waals surface area (Å²) in [6, 6.07) is 4.88. The van der Waals surface area contributed by atoms with E-state index >= 15 is 0 Å². The van der Waals surface area contributed by atoms with Crippen LogP contribution in [0.2, 0.25) is 0 Å². The first-order valence-corrected chi connectivity index (χ1v) is 9.36. The van der Waals surface area contributed by atoms with Crippen LogP contribution in [-0.2, 0) is 17.6 Å². The molecule has 1 N–H and O–H groups in total. The van der Waals surface area contributed by atoms with Gasteiger partial charge in [0.2, 0.25) is 0 Å². The van der Waals surface area contributed by atoms with Crippen molar-refractivity contribution in [2.45, 2.75) is 58.6 Å². The predicted molar refractivity (Wildman–Crippen MR) is 96.2 cm³/mol. The average Bonchev–Trinajstić information content (AvgIpc) is 3.12. The van der Waals surface area contributed by atoms with E-state index in [4.69, 9.17) is 4.74 Å². The topological polar surface area (TPSA) is 41.6 Å². The maximum absolute atomic E-state index is 12.2. The van der Waals surface area contributed by atoms with E-state index in [0.717, 1.165) is 32.4 Å². The number of hydrogen-bond donors (Lipinski definition) is 1. The van der Waals surface area contributed by atoms with Crippen LogP contribution in [0.3, 0.4) is 0 Å². The molecule has 2 atom stereocenters. The first-order valence-electron chi connectivity index (χ1n) is 8.55. The van der Waals surface area contributed by atoms with Gasteiger partial charge >= 0.3 is 6.09 Å². The molecule has 130 valence electrons. The fourth-order valence-electron chi connectivity index (χ4n) is 3.05. The Morgan fingerprint density at radius 2 is 2.13 bits per heavy atom. The van der Waals surface area contributed by atoms with Gasteiger partial charge in [-0.2, -0.15) is 0 Å². The summed E-state index contributed by atoms with van der Waals surface area (Å²) in [5.41, 5.74) is -0.425. The number of thiophene rings is 1. The van der Waals surface area contributed by atoms with Gasteiger partial charge in [0.05, 0.1) is 0 Å². The number of nitrogens with one attached hydrogen (secondary N) is 1. The van der Waals surface area contributed by atoms with Crippen molar-refractivity contribution in [2.24, 2.45) is 5.92 Å². The summed E-state index contributed by atoms with van der Waals surface area (Å²) in [5, 5.41) is 3.46. The van der Waals surface area contributed by atoms with E-state index in [2.05, 4.69) is 24.4 Å². The number of hydrogen-bond acceptors (Lipinski definition) is 4. The Balaban J connectivity index is 1.91. The van der Waals surface area contributed by atoms with E-state index in [1.54, 1.807) is 0 Å². The third kappa shape index (κ3) is 5.21. The Hall–Kier alpha value is -1.07. The van der Waals surface area contributed by atoms with Crippen LogP contribution in [0.1, 0.15) is 43.9 Å². The first-order chi connectivity index (χ1) is 10.8. The van der Waals surface area contributed by atoms with E-state index in [-0.39, 0.29) is 6.09 Å². The van der Waals surface area contributed by atoms with Crippen molar-refractivity contribution in [3.63, 3.8) is 0 Å². The summed E-state index contributed by atoms with van der Waals surface area (Å²) >= 11 is 1.91. The Bertz CT molecular complexity index is 521. The minimum absolute atomic E-state index is 0.181. The summed E-state index contributed by atoms with van der Waals surface area (Å²) in [4.78, 5) is 16.9. The van der Waals surface area contributed by atoms with Crippen molar-refractivity contribution < 1.29 is 9.53 Å². The van der Waals surface area contributed by atoms with Gasteiger partial charge in [-0.25, -0.2) is 4.79 Å². The summed E-state index contributed by atoms with van der Waals surface area (Å²) in [5.74, 6) is 0.486. The number of nitrogens with zero attached hydrogens (tertiary/aromatic N) is 1. The summed E-state index contributed by atoms with van der Waals surface area (Å²) in [7, 11) is 2.02. The second kappa shape index (κ2) is 7.67. The van der Waals surface area contributed by atoms with Crippen molar-refractivity contribution in [3.8, 4) is 0 Å². The van der Waals surface area contributed by atoms with Crippen molar-refractivity contribution in [1.29, 1.82) is 0 Å². The maximum atomic E-state index is 12.2. The number of likely N-dealkylation sites (N-methyl/N-ethyl adjacent to an activating group) is 1. The first kappa shape index (κ1) is 18.3. The standard InChI is InChI=1S/C18H30N2O2S/c1-6-14-7-8-15(23-14)11-16(19-5)13-9-10-20(12-13)17(21)22-18(2,3)4/h7-8,13,16,19H,6,9-12H2,1-5H3. The monoisotopic (exact) mass is 338 g/mol. The molecule has 0 spiro atoms. The highest BCUT2D eigenvalue weighted by molar-refractivity contribution is 7.11. The molecule has 1 aromatic rings. The van der Waals surface area contributed by atoms with E-state index in [0.29, 0.717) is 12.0 Å². The van der Waals surface area contributed by atoms with Gasteiger partial charge in [0.25, 0.3) is 0 Å². The molecule has 2 unspecified atom stereocenters. The molecule has 1 fully saturated rings. The van der Waals surface area contributed by atoms with Crippen LogP contribution >= 0.6 is 11.3 Å². The zero-order chi connectivity index (χ0) is 17.0. The largest absolute Gasteiger partial charge is 0.444 e. The Labute approximate surface area is 144 Å². The summed E-state index contributed by atoms with van der Waals surface area (Å²) < 4.78 is 5.49. The lowest BCUT2D eigenvalue weighted by molar-refractivity contribution is 0.0285. The zero-order valence-electron chi connectivity index (χ0n) is 15.0. The average molecular weight is 339 g/mol. The Morgan fingerprint density at radius 3 is 2.70 bits per heavy atom. The van der Waals surface area contributed by atoms with Gasteiger partial charge in [-0.3, -0.25) is 0 Å². The van der Waals surface area contributed by atoms with Crippen molar-refractivity contribution in [2.75, 3.05) is 20.1 Å². The van der Waals surface area contributed by atoms with Crippen molar-refractivity contribution >= 4 is 17.4 Å². The van der Waals surface area contributed by atoms with Crippen molar-refractivity contribution in [3.05, 3.63) is 21.9 Å². The molecule has 1 amide bonds. The van der Waals surface area contributed by atoms with E-state index < -0.39 is 5.60 Å². The molecule has 5 heteroatoms. The lowest BCUT2D eigenvalue weighted by Gasteiger charge is -2.26. The second-order valence-corrected chi connectivity index (χ2v) is 8.55. The fraction of sp³-hybridized carbons (Fsp3) is 0.722. The molecule has 1 aliphatic heterocycles. The lowest BCUT2D eigenvalue weighted by atomic mass is 9.95. The predicted octanol–water partition coefficient (Wildman–Crippen LogP) is 3.70. The van der Waals surface area contributed by atoms with E-state index in [9.17, 15) is 4.79 Å². The second-order valence-electron chi connectivity index (χ2n) is 7.30. The molecule has 4 nitrogen and oxygen atoms in total. The van der Waals surface area contributed by atoms with E-state index in [1.807, 2.05) is 44.1 Å². The molecular formula is C18H30N2O2S. The summed E-state index contributed by atoms with van der Waals surface area (Å²) in [6.45, 7) is 9.51. The van der Waals surface area contributed by atoms with Crippen LogP contribution in [0.15, 0.2) is 12.1 Å². The maximum Gasteiger partial charge on any atom is 0.410 e. The summed E-state index contributed by atoms with van der Waals surface area (Å²) in [6.07, 6.45) is 2.99. The highest BCUT2D eigenvalue weighted by Crippen LogP contribution is 2.26. The molecule has 1 saturated heterocycles. The van der Waals surface area contributed by atoms with Gasteiger partial charge < -0.3 is 15.0 Å². The third-order valence-corrected chi connectivity index (χ3v) is 5.55. The zero-order valence-corrected chi connectivity index (χ0v) is 15.8. The molecule has 1 aliphatic rings. The molecule has 0 saturated carbocycles. The number of amides is 1. The van der Waals surface area contributed by atoms with Crippen LogP contribution < -0.4 is 5.32 Å². The van der Waals surface area contributed by atoms with Crippen LogP contribution in [0.25, 0.3) is 0 Å². The molecule has 0 bridgehead atoms. The van der Waals surface area contributed by atoms with Gasteiger partial charge in [0.15, 0.2) is 0 Å². The molecule has 2 heterocycles. The number of likely N-dealkylation sites (tertiary alicyclic amines) is 1. The minimum Gasteiger partial charge on any atom is -0.444 e. The van der Waals surface area contributed by atoms with Crippen LogP contribution in [-0.4, -0.2) is 42.8 Å².